The van der Waals surface area contributed by atoms with Crippen LogP contribution in [0, 0.1) is 0 Å². The zero-order valence-electron chi connectivity index (χ0n) is 11.6. The van der Waals surface area contributed by atoms with Gasteiger partial charge in [0, 0.05) is 30.6 Å². The lowest BCUT2D eigenvalue weighted by molar-refractivity contribution is -0.121. The van der Waals surface area contributed by atoms with Gasteiger partial charge in [-0.2, -0.15) is 0 Å². The van der Waals surface area contributed by atoms with Crippen molar-refractivity contribution in [2.75, 3.05) is 18.1 Å². The molecule has 2 N–H and O–H groups in total. The molecule has 1 fully saturated rings. The first-order valence-electron chi connectivity index (χ1n) is 6.89. The summed E-state index contributed by atoms with van der Waals surface area (Å²) >= 11 is 5.79. The molecule has 116 valence electrons. The van der Waals surface area contributed by atoms with E-state index >= 15 is 0 Å². The van der Waals surface area contributed by atoms with Gasteiger partial charge >= 0.3 is 0 Å². The molecule has 1 aliphatic heterocycles. The van der Waals surface area contributed by atoms with E-state index in [1.54, 1.807) is 12.1 Å². The third-order valence-electron chi connectivity index (χ3n) is 3.42. The van der Waals surface area contributed by atoms with Gasteiger partial charge in [0.1, 0.15) is 0 Å². The number of rotatable bonds is 6. The van der Waals surface area contributed by atoms with Gasteiger partial charge in [-0.05, 0) is 24.1 Å². The summed E-state index contributed by atoms with van der Waals surface area (Å²) in [4.78, 5) is 11.7. The third kappa shape index (κ3) is 5.65. The number of sulfone groups is 1. The minimum Gasteiger partial charge on any atom is -0.352 e. The maximum absolute atomic E-state index is 11.7. The molecular formula is C14H19ClN2O3S. The number of hydrogen-bond acceptors (Lipinski definition) is 4. The van der Waals surface area contributed by atoms with Crippen LogP contribution in [0.25, 0.3) is 0 Å². The van der Waals surface area contributed by atoms with Crippen LogP contribution in [0.3, 0.4) is 0 Å². The lowest BCUT2D eigenvalue weighted by atomic mass is 10.2. The van der Waals surface area contributed by atoms with Crippen molar-refractivity contribution in [1.29, 1.82) is 0 Å². The molecule has 2 rings (SSSR count). The molecule has 0 saturated carbocycles. The summed E-state index contributed by atoms with van der Waals surface area (Å²) in [5.41, 5.74) is 0.989. The Morgan fingerprint density at radius 3 is 2.62 bits per heavy atom. The molecule has 7 heteroatoms. The summed E-state index contributed by atoms with van der Waals surface area (Å²) in [5.74, 6) is 0.366. The lowest BCUT2D eigenvalue weighted by Gasteiger charge is -2.10. The molecule has 0 radical (unpaired) electrons. The highest BCUT2D eigenvalue weighted by Crippen LogP contribution is 2.11. The summed E-state index contributed by atoms with van der Waals surface area (Å²) in [6.45, 7) is 0.959. The highest BCUT2D eigenvalue weighted by molar-refractivity contribution is 7.91. The second-order valence-corrected chi connectivity index (χ2v) is 7.87. The van der Waals surface area contributed by atoms with Gasteiger partial charge in [-0.25, -0.2) is 8.42 Å². The van der Waals surface area contributed by atoms with E-state index in [2.05, 4.69) is 10.6 Å². The fourth-order valence-corrected chi connectivity index (χ4v) is 4.07. The van der Waals surface area contributed by atoms with Crippen LogP contribution in [0.5, 0.6) is 0 Å². The minimum absolute atomic E-state index is 0.0148. The molecular weight excluding hydrogens is 312 g/mol. The molecule has 0 aromatic heterocycles. The van der Waals surface area contributed by atoms with Crippen LogP contribution < -0.4 is 10.6 Å². The van der Waals surface area contributed by atoms with Crippen LogP contribution in [-0.2, 0) is 21.2 Å². The molecule has 1 unspecified atom stereocenters. The van der Waals surface area contributed by atoms with Crippen LogP contribution in [-0.4, -0.2) is 38.4 Å². The Bertz CT molecular complexity index is 587. The Balaban J connectivity index is 1.63. The van der Waals surface area contributed by atoms with Crippen molar-refractivity contribution >= 4 is 27.3 Å². The quantitative estimate of drug-likeness (QED) is 0.819. The van der Waals surface area contributed by atoms with Gasteiger partial charge in [-0.15, -0.1) is 0 Å². The van der Waals surface area contributed by atoms with E-state index in [-0.39, 0.29) is 23.5 Å². The van der Waals surface area contributed by atoms with Crippen molar-refractivity contribution in [3.63, 3.8) is 0 Å². The van der Waals surface area contributed by atoms with E-state index in [1.165, 1.54) is 0 Å². The topological polar surface area (TPSA) is 75.3 Å². The van der Waals surface area contributed by atoms with Crippen LogP contribution in [0.1, 0.15) is 18.4 Å². The van der Waals surface area contributed by atoms with Crippen LogP contribution >= 0.6 is 11.6 Å². The molecule has 1 aromatic carbocycles. The van der Waals surface area contributed by atoms with Gasteiger partial charge in [0.25, 0.3) is 0 Å². The fourth-order valence-electron chi connectivity index (χ4n) is 2.24. The Kier molecular flexibility index (Phi) is 5.61. The van der Waals surface area contributed by atoms with Crippen molar-refractivity contribution in [2.24, 2.45) is 0 Å². The smallest absolute Gasteiger partial charge is 0.221 e. The van der Waals surface area contributed by atoms with Crippen molar-refractivity contribution in [3.05, 3.63) is 34.9 Å². The van der Waals surface area contributed by atoms with Crippen LogP contribution in [0.2, 0.25) is 5.02 Å². The average molecular weight is 331 g/mol. The molecule has 1 heterocycles. The molecule has 1 aliphatic rings. The van der Waals surface area contributed by atoms with Gasteiger partial charge in [-0.1, -0.05) is 23.7 Å². The first-order valence-corrected chi connectivity index (χ1v) is 9.09. The van der Waals surface area contributed by atoms with Crippen molar-refractivity contribution in [3.8, 4) is 0 Å². The number of carbonyl (C=O) groups is 1. The third-order valence-corrected chi connectivity index (χ3v) is 5.44. The fraction of sp³-hybridized carbons (Fsp3) is 0.500. The molecule has 1 saturated heterocycles. The molecule has 1 aromatic rings. The summed E-state index contributed by atoms with van der Waals surface area (Å²) in [7, 11) is -2.87. The molecule has 5 nitrogen and oxygen atoms in total. The normalized spacial score (nSPS) is 20.3. The van der Waals surface area contributed by atoms with Crippen LogP contribution in [0.15, 0.2) is 24.3 Å². The van der Waals surface area contributed by atoms with E-state index in [4.69, 9.17) is 11.6 Å². The zero-order chi connectivity index (χ0) is 15.3. The molecule has 0 aliphatic carbocycles. The molecule has 0 bridgehead atoms. The SMILES string of the molecule is O=C(CCNC1CCS(=O)(=O)C1)NCc1ccc(Cl)cc1. The Morgan fingerprint density at radius 1 is 1.29 bits per heavy atom. The van der Waals surface area contributed by atoms with Gasteiger partial charge in [-0.3, -0.25) is 4.79 Å². The second-order valence-electron chi connectivity index (χ2n) is 5.21. The summed E-state index contributed by atoms with van der Waals surface area (Å²) in [6.07, 6.45) is 0.971. The maximum Gasteiger partial charge on any atom is 0.221 e. The van der Waals surface area contributed by atoms with E-state index in [1.807, 2.05) is 12.1 Å². The van der Waals surface area contributed by atoms with Gasteiger partial charge in [0.05, 0.1) is 11.5 Å². The summed E-state index contributed by atoms with van der Waals surface area (Å²) < 4.78 is 22.6. The zero-order valence-corrected chi connectivity index (χ0v) is 13.2. The lowest BCUT2D eigenvalue weighted by Crippen LogP contribution is -2.34. The minimum atomic E-state index is -2.87. The molecule has 1 amide bonds. The molecule has 0 spiro atoms. The first kappa shape index (κ1) is 16.3. The summed E-state index contributed by atoms with van der Waals surface area (Å²) in [6, 6.07) is 7.28. The van der Waals surface area contributed by atoms with E-state index in [0.717, 1.165) is 5.56 Å². The van der Waals surface area contributed by atoms with Gasteiger partial charge in [0.15, 0.2) is 9.84 Å². The second kappa shape index (κ2) is 7.24. The highest BCUT2D eigenvalue weighted by atomic mass is 35.5. The Labute approximate surface area is 130 Å². The number of nitrogens with one attached hydrogen (secondary N) is 2. The predicted molar refractivity (Wildman–Crippen MR) is 83.0 cm³/mol. The van der Waals surface area contributed by atoms with Crippen LogP contribution in [0.4, 0.5) is 0 Å². The average Bonchev–Trinajstić information content (AvgIpc) is 2.78. The van der Waals surface area contributed by atoms with Crippen molar-refractivity contribution in [2.45, 2.75) is 25.4 Å². The predicted octanol–water partition coefficient (Wildman–Crippen LogP) is 1.12. The molecule has 1 atom stereocenters. The van der Waals surface area contributed by atoms with E-state index in [0.29, 0.717) is 31.0 Å². The number of halogens is 1. The summed E-state index contributed by atoms with van der Waals surface area (Å²) in [5, 5.41) is 6.60. The van der Waals surface area contributed by atoms with Gasteiger partial charge < -0.3 is 10.6 Å². The monoisotopic (exact) mass is 330 g/mol. The maximum atomic E-state index is 11.7. The van der Waals surface area contributed by atoms with E-state index in [9.17, 15) is 13.2 Å². The Hall–Kier alpha value is -1.11. The number of amides is 1. The Morgan fingerprint density at radius 2 is 2.00 bits per heavy atom. The number of hydrogen-bond donors (Lipinski definition) is 2. The van der Waals surface area contributed by atoms with E-state index < -0.39 is 9.84 Å². The number of carbonyl (C=O) groups excluding carboxylic acids is 1. The number of benzene rings is 1. The molecule has 21 heavy (non-hydrogen) atoms. The largest absolute Gasteiger partial charge is 0.352 e. The standard InChI is InChI=1S/C14H19ClN2O3S/c15-12-3-1-11(2-4-12)9-17-14(18)5-7-16-13-6-8-21(19,20)10-13/h1-4,13,16H,5-10H2,(H,17,18). The van der Waals surface area contributed by atoms with Gasteiger partial charge in [0.2, 0.25) is 5.91 Å². The van der Waals surface area contributed by atoms with Crippen molar-refractivity contribution < 1.29 is 13.2 Å². The first-order chi connectivity index (χ1) is 9.94. The van der Waals surface area contributed by atoms with Crippen molar-refractivity contribution in [1.82, 2.24) is 10.6 Å². The highest BCUT2D eigenvalue weighted by Gasteiger charge is 2.27.